The summed E-state index contributed by atoms with van der Waals surface area (Å²) in [5.41, 5.74) is 3.62. The number of amides is 1. The zero-order valence-electron chi connectivity index (χ0n) is 17.6. The molecule has 9 nitrogen and oxygen atoms in total. The van der Waals surface area contributed by atoms with E-state index >= 15 is 0 Å². The molecule has 0 aliphatic heterocycles. The van der Waals surface area contributed by atoms with Crippen molar-refractivity contribution in [1.82, 2.24) is 34.8 Å². The Bertz CT molecular complexity index is 1350. The Morgan fingerprint density at radius 2 is 2.00 bits per heavy atom. The van der Waals surface area contributed by atoms with Crippen molar-refractivity contribution in [2.24, 2.45) is 0 Å². The quantitative estimate of drug-likeness (QED) is 0.442. The number of nitrogens with one attached hydrogen (secondary N) is 1. The molecule has 32 heavy (non-hydrogen) atoms. The van der Waals surface area contributed by atoms with Gasteiger partial charge in [0.25, 0.3) is 5.91 Å². The number of hydrogen-bond donors (Lipinski definition) is 1. The topological polar surface area (TPSA) is 104 Å². The number of carbonyl (C=O) groups excluding carboxylic acids is 1. The van der Waals surface area contributed by atoms with Crippen molar-refractivity contribution in [1.29, 1.82) is 0 Å². The van der Waals surface area contributed by atoms with Crippen LogP contribution in [0.15, 0.2) is 72.0 Å². The highest BCUT2D eigenvalue weighted by Crippen LogP contribution is 2.26. The Morgan fingerprint density at radius 3 is 2.69 bits per heavy atom. The van der Waals surface area contributed by atoms with Gasteiger partial charge in [0.2, 0.25) is 0 Å². The molecule has 5 aromatic rings. The first-order valence-electron chi connectivity index (χ1n) is 10.2. The molecule has 160 valence electrons. The van der Waals surface area contributed by atoms with Crippen LogP contribution >= 0.6 is 0 Å². The van der Waals surface area contributed by atoms with Crippen LogP contribution in [0, 0.1) is 0 Å². The molecule has 9 heteroatoms. The first kappa shape index (κ1) is 19.7. The summed E-state index contributed by atoms with van der Waals surface area (Å²) in [5, 5.41) is 12.3. The molecule has 0 atom stereocenters. The fourth-order valence-corrected chi connectivity index (χ4v) is 3.52. The van der Waals surface area contributed by atoms with E-state index in [9.17, 15) is 4.79 Å². The molecule has 0 unspecified atom stereocenters. The van der Waals surface area contributed by atoms with E-state index in [0.29, 0.717) is 34.6 Å². The van der Waals surface area contributed by atoms with Crippen LogP contribution in [0.25, 0.3) is 28.2 Å². The first-order chi connectivity index (χ1) is 15.6. The van der Waals surface area contributed by atoms with Crippen LogP contribution in [0.1, 0.15) is 35.8 Å². The number of rotatable bonds is 6. The molecule has 0 fully saturated rings. The van der Waals surface area contributed by atoms with Crippen molar-refractivity contribution >= 4 is 16.9 Å². The lowest BCUT2D eigenvalue weighted by molar-refractivity contribution is 0.0952. The molecule has 5 rings (SSSR count). The lowest BCUT2D eigenvalue weighted by Gasteiger charge is -2.10. The van der Waals surface area contributed by atoms with Crippen LogP contribution < -0.4 is 5.32 Å². The molecule has 0 bridgehead atoms. The SMILES string of the molecule is CC(C)n1ncc2c(C(=O)NCc3ccc(-n4cncn4)cc3)cc(-c3ccco3)nc21. The second-order valence-electron chi connectivity index (χ2n) is 7.64. The molecule has 0 spiro atoms. The van der Waals surface area contributed by atoms with Gasteiger partial charge in [-0.15, -0.1) is 0 Å². The van der Waals surface area contributed by atoms with Gasteiger partial charge < -0.3 is 9.73 Å². The van der Waals surface area contributed by atoms with E-state index in [0.717, 1.165) is 11.3 Å². The molecule has 4 aromatic heterocycles. The minimum absolute atomic E-state index is 0.103. The molecular weight excluding hydrogens is 406 g/mol. The van der Waals surface area contributed by atoms with Crippen LogP contribution in [-0.4, -0.2) is 35.4 Å². The molecule has 0 aliphatic rings. The van der Waals surface area contributed by atoms with E-state index in [1.807, 2.05) is 44.2 Å². The maximum absolute atomic E-state index is 13.2. The first-order valence-corrected chi connectivity index (χ1v) is 10.2. The highest BCUT2D eigenvalue weighted by molar-refractivity contribution is 6.06. The van der Waals surface area contributed by atoms with Gasteiger partial charge in [-0.1, -0.05) is 12.1 Å². The molecular formula is C23H21N7O2. The fraction of sp³-hybridized carbons (Fsp3) is 0.174. The van der Waals surface area contributed by atoms with Crippen LogP contribution in [0.4, 0.5) is 0 Å². The summed E-state index contributed by atoms with van der Waals surface area (Å²) >= 11 is 0. The number of fused-ring (bicyclic) bond motifs is 1. The number of hydrogen-bond acceptors (Lipinski definition) is 6. The predicted molar refractivity (Wildman–Crippen MR) is 118 cm³/mol. The van der Waals surface area contributed by atoms with E-state index in [2.05, 4.69) is 20.5 Å². The molecule has 4 heterocycles. The number of nitrogens with zero attached hydrogens (tertiary/aromatic N) is 6. The minimum atomic E-state index is -0.200. The molecule has 1 amide bonds. The van der Waals surface area contributed by atoms with Crippen molar-refractivity contribution in [2.75, 3.05) is 0 Å². The van der Waals surface area contributed by atoms with E-state index in [-0.39, 0.29) is 11.9 Å². The third-order valence-corrected chi connectivity index (χ3v) is 5.15. The lowest BCUT2D eigenvalue weighted by Crippen LogP contribution is -2.23. The van der Waals surface area contributed by atoms with Gasteiger partial charge in [-0.05, 0) is 49.7 Å². The average Bonchev–Trinajstić information content (AvgIpc) is 3.58. The summed E-state index contributed by atoms with van der Waals surface area (Å²) in [6.07, 6.45) is 6.40. The molecule has 0 saturated heterocycles. The summed E-state index contributed by atoms with van der Waals surface area (Å²) in [7, 11) is 0. The molecule has 0 radical (unpaired) electrons. The molecule has 1 aromatic carbocycles. The standard InChI is InChI=1S/C23H21N7O2/c1-15(2)30-22-19(12-26-30)18(10-20(28-22)21-4-3-9-32-21)23(31)25-11-16-5-7-17(8-6-16)29-14-24-13-27-29/h3-10,12-15H,11H2,1-2H3,(H,25,31). The van der Waals surface area contributed by atoms with Crippen LogP contribution in [-0.2, 0) is 6.54 Å². The van der Waals surface area contributed by atoms with Gasteiger partial charge >= 0.3 is 0 Å². The van der Waals surface area contributed by atoms with Gasteiger partial charge in [0.15, 0.2) is 11.4 Å². The van der Waals surface area contributed by atoms with E-state index in [1.54, 1.807) is 40.3 Å². The zero-order chi connectivity index (χ0) is 22.1. The predicted octanol–water partition coefficient (Wildman–Crippen LogP) is 3.78. The van der Waals surface area contributed by atoms with E-state index in [4.69, 9.17) is 9.40 Å². The summed E-state index contributed by atoms with van der Waals surface area (Å²) in [6.45, 7) is 4.43. The Balaban J connectivity index is 1.42. The third-order valence-electron chi connectivity index (χ3n) is 5.15. The highest BCUT2D eigenvalue weighted by Gasteiger charge is 2.19. The molecule has 0 saturated carbocycles. The van der Waals surface area contributed by atoms with Crippen molar-refractivity contribution in [2.45, 2.75) is 26.4 Å². The van der Waals surface area contributed by atoms with Gasteiger partial charge in [0, 0.05) is 12.6 Å². The van der Waals surface area contributed by atoms with Gasteiger partial charge in [0.1, 0.15) is 18.3 Å². The Hall–Kier alpha value is -4.27. The monoisotopic (exact) mass is 427 g/mol. The van der Waals surface area contributed by atoms with Gasteiger partial charge in [-0.25, -0.2) is 19.3 Å². The normalized spacial score (nSPS) is 11.3. The largest absolute Gasteiger partial charge is 0.463 e. The fourth-order valence-electron chi connectivity index (χ4n) is 3.52. The van der Waals surface area contributed by atoms with E-state index in [1.165, 1.54) is 6.33 Å². The number of pyridine rings is 1. The summed E-state index contributed by atoms with van der Waals surface area (Å²) in [4.78, 5) is 21.8. The average molecular weight is 427 g/mol. The van der Waals surface area contributed by atoms with Crippen LogP contribution in [0.5, 0.6) is 0 Å². The second-order valence-corrected chi connectivity index (χ2v) is 7.64. The Labute approximate surface area is 183 Å². The van der Waals surface area contributed by atoms with Crippen molar-refractivity contribution in [3.8, 4) is 17.1 Å². The molecule has 0 aliphatic carbocycles. The van der Waals surface area contributed by atoms with Crippen molar-refractivity contribution in [3.63, 3.8) is 0 Å². The Morgan fingerprint density at radius 1 is 1.16 bits per heavy atom. The Kier molecular flexibility index (Phi) is 4.98. The maximum atomic E-state index is 13.2. The summed E-state index contributed by atoms with van der Waals surface area (Å²) in [5.74, 6) is 0.398. The van der Waals surface area contributed by atoms with Gasteiger partial charge in [-0.2, -0.15) is 10.2 Å². The number of aromatic nitrogens is 6. The summed E-state index contributed by atoms with van der Waals surface area (Å²) < 4.78 is 9.00. The third kappa shape index (κ3) is 3.64. The van der Waals surface area contributed by atoms with Crippen LogP contribution in [0.2, 0.25) is 0 Å². The number of furan rings is 1. The van der Waals surface area contributed by atoms with Crippen molar-refractivity contribution < 1.29 is 9.21 Å². The smallest absolute Gasteiger partial charge is 0.252 e. The summed E-state index contributed by atoms with van der Waals surface area (Å²) in [6, 6.07) is 13.2. The van der Waals surface area contributed by atoms with Gasteiger partial charge in [-0.3, -0.25) is 4.79 Å². The van der Waals surface area contributed by atoms with E-state index < -0.39 is 0 Å². The highest BCUT2D eigenvalue weighted by atomic mass is 16.3. The maximum Gasteiger partial charge on any atom is 0.252 e. The molecule has 1 N–H and O–H groups in total. The zero-order valence-corrected chi connectivity index (χ0v) is 17.6. The second kappa shape index (κ2) is 8.10. The number of carbonyl (C=O) groups is 1. The van der Waals surface area contributed by atoms with Gasteiger partial charge in [0.05, 0.1) is 29.1 Å². The minimum Gasteiger partial charge on any atom is -0.463 e. The number of benzene rings is 1. The van der Waals surface area contributed by atoms with Crippen LogP contribution in [0.3, 0.4) is 0 Å². The van der Waals surface area contributed by atoms with Crippen molar-refractivity contribution in [3.05, 3.63) is 78.7 Å². The lowest BCUT2D eigenvalue weighted by atomic mass is 10.1.